The molecule has 4 rings (SSSR count). The molecule has 1 saturated carbocycles. The lowest BCUT2D eigenvalue weighted by Crippen LogP contribution is -2.41. The summed E-state index contributed by atoms with van der Waals surface area (Å²) in [5, 5.41) is 6.08. The van der Waals surface area contributed by atoms with E-state index in [2.05, 4.69) is 26.6 Å². The first kappa shape index (κ1) is 19.0. The first-order chi connectivity index (χ1) is 13.6. The Balaban J connectivity index is 1.42. The summed E-state index contributed by atoms with van der Waals surface area (Å²) >= 11 is 3.37. The molecule has 0 aromatic heterocycles. The maximum absolute atomic E-state index is 12.6. The average molecular weight is 443 g/mol. The van der Waals surface area contributed by atoms with Crippen molar-refractivity contribution in [1.29, 1.82) is 0 Å². The maximum Gasteiger partial charge on any atom is 0.255 e. The molecule has 0 unspecified atom stereocenters. The summed E-state index contributed by atoms with van der Waals surface area (Å²) in [4.78, 5) is 25.0. The Morgan fingerprint density at radius 2 is 1.79 bits per heavy atom. The summed E-state index contributed by atoms with van der Waals surface area (Å²) in [5.41, 5.74) is 2.24. The van der Waals surface area contributed by atoms with Gasteiger partial charge < -0.3 is 15.4 Å². The van der Waals surface area contributed by atoms with Crippen LogP contribution in [-0.4, -0.2) is 24.5 Å². The number of ether oxygens (including phenoxy) is 1. The number of carbonyl (C=O) groups excluding carboxylic acids is 2. The van der Waals surface area contributed by atoms with Gasteiger partial charge in [-0.15, -0.1) is 0 Å². The zero-order chi connectivity index (χ0) is 19.5. The summed E-state index contributed by atoms with van der Waals surface area (Å²) in [6.45, 7) is 0.399. The molecule has 2 N–H and O–H groups in total. The van der Waals surface area contributed by atoms with E-state index in [1.54, 1.807) is 12.1 Å². The molecule has 1 heterocycles. The van der Waals surface area contributed by atoms with Gasteiger partial charge in [-0.25, -0.2) is 0 Å². The smallest absolute Gasteiger partial charge is 0.255 e. The number of nitrogens with one attached hydrogen (secondary N) is 2. The minimum absolute atomic E-state index is 0.0712. The third-order valence-corrected chi connectivity index (χ3v) is 5.93. The van der Waals surface area contributed by atoms with Crippen molar-refractivity contribution in [2.24, 2.45) is 5.92 Å². The Bertz CT molecular complexity index is 876. The molecule has 28 heavy (non-hydrogen) atoms. The van der Waals surface area contributed by atoms with Gasteiger partial charge in [0.15, 0.2) is 0 Å². The van der Waals surface area contributed by atoms with Gasteiger partial charge in [0.05, 0.1) is 5.92 Å². The van der Waals surface area contributed by atoms with Crippen LogP contribution in [0.2, 0.25) is 0 Å². The summed E-state index contributed by atoms with van der Waals surface area (Å²) in [6, 6.07) is 13.1. The van der Waals surface area contributed by atoms with Crippen LogP contribution in [0, 0.1) is 5.92 Å². The Hall–Kier alpha value is -2.34. The first-order valence-electron chi connectivity index (χ1n) is 9.71. The van der Waals surface area contributed by atoms with E-state index in [1.165, 1.54) is 12.8 Å². The van der Waals surface area contributed by atoms with Crippen molar-refractivity contribution in [1.82, 2.24) is 5.32 Å². The second-order valence-electron chi connectivity index (χ2n) is 7.49. The number of rotatable bonds is 4. The molecule has 1 fully saturated rings. The fraction of sp³-hybridized carbons (Fsp3) is 0.364. The number of anilines is 1. The molecular formula is C22H23BrN2O3. The van der Waals surface area contributed by atoms with Gasteiger partial charge in [-0.2, -0.15) is 0 Å². The molecular weight excluding hydrogens is 420 g/mol. The number of halogens is 1. The fourth-order valence-corrected chi connectivity index (χ4v) is 4.10. The number of hydrogen-bond acceptors (Lipinski definition) is 3. The van der Waals surface area contributed by atoms with E-state index in [1.807, 2.05) is 30.3 Å². The van der Waals surface area contributed by atoms with Crippen LogP contribution in [0.1, 0.15) is 41.6 Å². The SMILES string of the molecule is O=C(Nc1ccc2c(c1)C[C@H](C(=O)NC1CCCC1)CO2)c1ccc(Br)cc1. The van der Waals surface area contributed by atoms with E-state index in [0.29, 0.717) is 30.3 Å². The largest absolute Gasteiger partial charge is 0.492 e. The van der Waals surface area contributed by atoms with Crippen LogP contribution < -0.4 is 15.4 Å². The zero-order valence-electron chi connectivity index (χ0n) is 15.5. The van der Waals surface area contributed by atoms with Crippen LogP contribution in [0.5, 0.6) is 5.75 Å². The third kappa shape index (κ3) is 4.38. The number of benzene rings is 2. The van der Waals surface area contributed by atoms with Gasteiger partial charge in [0.25, 0.3) is 5.91 Å². The molecule has 2 aromatic rings. The van der Waals surface area contributed by atoms with E-state index in [9.17, 15) is 9.59 Å². The Kier molecular flexibility index (Phi) is 5.67. The topological polar surface area (TPSA) is 67.4 Å². The average Bonchev–Trinajstić information content (AvgIpc) is 3.21. The first-order valence-corrected chi connectivity index (χ1v) is 10.5. The summed E-state index contributed by atoms with van der Waals surface area (Å²) < 4.78 is 6.73. The van der Waals surface area contributed by atoms with Gasteiger partial charge in [-0.1, -0.05) is 28.8 Å². The van der Waals surface area contributed by atoms with Gasteiger partial charge >= 0.3 is 0 Å². The van der Waals surface area contributed by atoms with E-state index in [-0.39, 0.29) is 17.7 Å². The summed E-state index contributed by atoms with van der Waals surface area (Å²) in [5.74, 6) is 0.499. The fourth-order valence-electron chi connectivity index (χ4n) is 3.83. The molecule has 1 aliphatic heterocycles. The summed E-state index contributed by atoms with van der Waals surface area (Å²) in [7, 11) is 0. The third-order valence-electron chi connectivity index (χ3n) is 5.40. The number of amides is 2. The standard InChI is InChI=1S/C22H23BrN2O3/c23-17-7-5-14(6-8-17)21(26)25-19-9-10-20-15(12-19)11-16(13-28-20)22(27)24-18-3-1-2-4-18/h5-10,12,16,18H,1-4,11,13H2,(H,24,27)(H,25,26)/t16-/m0/s1. The highest BCUT2D eigenvalue weighted by molar-refractivity contribution is 9.10. The predicted octanol–water partition coefficient (Wildman–Crippen LogP) is 4.31. The monoisotopic (exact) mass is 442 g/mol. The molecule has 0 spiro atoms. The van der Waals surface area contributed by atoms with Crippen molar-refractivity contribution < 1.29 is 14.3 Å². The molecule has 2 amide bonds. The van der Waals surface area contributed by atoms with Crippen molar-refractivity contribution in [3.8, 4) is 5.75 Å². The second kappa shape index (κ2) is 8.35. The summed E-state index contributed by atoms with van der Waals surface area (Å²) in [6.07, 6.45) is 5.15. The molecule has 1 atom stereocenters. The van der Waals surface area contributed by atoms with Gasteiger partial charge in [-0.3, -0.25) is 9.59 Å². The number of fused-ring (bicyclic) bond motifs is 1. The van der Waals surface area contributed by atoms with E-state index < -0.39 is 0 Å². The Morgan fingerprint density at radius 3 is 2.54 bits per heavy atom. The van der Waals surface area contributed by atoms with Gasteiger partial charge in [-0.05, 0) is 67.3 Å². The second-order valence-corrected chi connectivity index (χ2v) is 8.40. The van der Waals surface area contributed by atoms with Crippen LogP contribution in [0.4, 0.5) is 5.69 Å². The van der Waals surface area contributed by atoms with Gasteiger partial charge in [0.1, 0.15) is 12.4 Å². The minimum atomic E-state index is -0.189. The maximum atomic E-state index is 12.6. The molecule has 6 heteroatoms. The zero-order valence-corrected chi connectivity index (χ0v) is 17.1. The molecule has 2 aromatic carbocycles. The van der Waals surface area contributed by atoms with E-state index >= 15 is 0 Å². The Labute approximate surface area is 173 Å². The highest BCUT2D eigenvalue weighted by Crippen LogP contribution is 2.30. The lowest BCUT2D eigenvalue weighted by molar-refractivity contribution is -0.127. The lowest BCUT2D eigenvalue weighted by Gasteiger charge is -2.26. The highest BCUT2D eigenvalue weighted by Gasteiger charge is 2.28. The van der Waals surface area contributed by atoms with Crippen molar-refractivity contribution in [3.05, 3.63) is 58.1 Å². The molecule has 1 aliphatic carbocycles. The van der Waals surface area contributed by atoms with E-state index in [0.717, 1.165) is 28.6 Å². The van der Waals surface area contributed by atoms with Crippen molar-refractivity contribution in [2.45, 2.75) is 38.1 Å². The molecule has 2 aliphatic rings. The lowest BCUT2D eigenvalue weighted by atomic mass is 9.95. The van der Waals surface area contributed by atoms with Gasteiger partial charge in [0, 0.05) is 21.8 Å². The van der Waals surface area contributed by atoms with Crippen LogP contribution in [0.15, 0.2) is 46.9 Å². The van der Waals surface area contributed by atoms with E-state index in [4.69, 9.17) is 4.74 Å². The number of carbonyl (C=O) groups is 2. The molecule has 0 saturated heterocycles. The van der Waals surface area contributed by atoms with Crippen LogP contribution >= 0.6 is 15.9 Å². The molecule has 0 radical (unpaired) electrons. The normalized spacial score (nSPS) is 18.8. The van der Waals surface area contributed by atoms with Gasteiger partial charge in [0.2, 0.25) is 5.91 Å². The van der Waals surface area contributed by atoms with Crippen LogP contribution in [0.3, 0.4) is 0 Å². The number of hydrogen-bond donors (Lipinski definition) is 2. The van der Waals surface area contributed by atoms with Crippen LogP contribution in [-0.2, 0) is 11.2 Å². The van der Waals surface area contributed by atoms with Crippen molar-refractivity contribution in [2.75, 3.05) is 11.9 Å². The molecule has 0 bridgehead atoms. The Morgan fingerprint density at radius 1 is 1.04 bits per heavy atom. The van der Waals surface area contributed by atoms with Crippen molar-refractivity contribution >= 4 is 33.4 Å². The molecule has 5 nitrogen and oxygen atoms in total. The van der Waals surface area contributed by atoms with Crippen molar-refractivity contribution in [3.63, 3.8) is 0 Å². The predicted molar refractivity (Wildman–Crippen MR) is 112 cm³/mol. The highest BCUT2D eigenvalue weighted by atomic mass is 79.9. The minimum Gasteiger partial charge on any atom is -0.492 e. The molecule has 146 valence electrons. The quantitative estimate of drug-likeness (QED) is 0.740. The van der Waals surface area contributed by atoms with Crippen LogP contribution in [0.25, 0.3) is 0 Å².